The highest BCUT2D eigenvalue weighted by Crippen LogP contribution is 2.47. The van der Waals surface area contributed by atoms with E-state index in [2.05, 4.69) is 221 Å². The van der Waals surface area contributed by atoms with Gasteiger partial charge in [-0.3, -0.25) is 0 Å². The van der Waals surface area contributed by atoms with E-state index in [0.29, 0.717) is 0 Å². The van der Waals surface area contributed by atoms with Gasteiger partial charge in [-0.25, -0.2) is 0 Å². The minimum Gasteiger partial charge on any atom is -0.310 e. The molecule has 0 saturated carbocycles. The molecule has 0 amide bonds. The number of allylic oxidation sites excluding steroid dienone is 12. The first-order valence-corrected chi connectivity index (χ1v) is 18.9. The van der Waals surface area contributed by atoms with E-state index in [-0.39, 0.29) is 0 Å². The molecule has 53 heavy (non-hydrogen) atoms. The van der Waals surface area contributed by atoms with Crippen LogP contribution in [0.2, 0.25) is 0 Å². The molecule has 0 aliphatic heterocycles. The minimum absolute atomic E-state index is 1.01. The van der Waals surface area contributed by atoms with Crippen molar-refractivity contribution in [1.29, 1.82) is 0 Å². The molecule has 0 fully saturated rings. The van der Waals surface area contributed by atoms with E-state index in [9.17, 15) is 0 Å². The molecule has 5 aromatic carbocycles. The van der Waals surface area contributed by atoms with Crippen molar-refractivity contribution in [2.75, 3.05) is 9.80 Å². The summed E-state index contributed by atoms with van der Waals surface area (Å²) in [6, 6.07) is 41.6. The zero-order valence-corrected chi connectivity index (χ0v) is 31.9. The van der Waals surface area contributed by atoms with Crippen LogP contribution in [0.5, 0.6) is 0 Å². The second-order valence-electron chi connectivity index (χ2n) is 12.5. The third kappa shape index (κ3) is 7.86. The highest BCUT2D eigenvalue weighted by molar-refractivity contribution is 7.26. The maximum Gasteiger partial charge on any atom is 0.0661 e. The van der Waals surface area contributed by atoms with Crippen LogP contribution in [-0.2, 0) is 0 Å². The Morgan fingerprint density at radius 1 is 0.547 bits per heavy atom. The van der Waals surface area contributed by atoms with Crippen LogP contribution in [0, 0.1) is 0 Å². The summed E-state index contributed by atoms with van der Waals surface area (Å²) in [6.07, 6.45) is 22.7. The lowest BCUT2D eigenvalue weighted by Crippen LogP contribution is -2.18. The molecule has 0 atom stereocenters. The average molecular weight is 707 g/mol. The molecule has 0 aliphatic rings. The average Bonchev–Trinajstić information content (AvgIpc) is 3.57. The summed E-state index contributed by atoms with van der Waals surface area (Å²) >= 11 is 1.83. The lowest BCUT2D eigenvalue weighted by Gasteiger charge is -2.31. The minimum atomic E-state index is 1.01. The van der Waals surface area contributed by atoms with Crippen molar-refractivity contribution in [2.45, 2.75) is 27.7 Å². The van der Waals surface area contributed by atoms with Crippen molar-refractivity contribution >= 4 is 59.8 Å². The second-order valence-corrected chi connectivity index (χ2v) is 13.5. The van der Waals surface area contributed by atoms with Gasteiger partial charge in [0.15, 0.2) is 0 Å². The molecule has 0 radical (unpaired) electrons. The molecule has 0 unspecified atom stereocenters. The predicted octanol–water partition coefficient (Wildman–Crippen LogP) is 15.3. The number of nitrogens with zero attached hydrogens (tertiary/aromatic N) is 2. The maximum absolute atomic E-state index is 4.11. The van der Waals surface area contributed by atoms with Crippen molar-refractivity contribution in [3.8, 4) is 11.1 Å². The fourth-order valence-corrected chi connectivity index (χ4v) is 7.92. The normalized spacial score (nSPS) is 12.8. The molecule has 1 heterocycles. The zero-order valence-electron chi connectivity index (χ0n) is 31.0. The maximum atomic E-state index is 4.11. The Labute approximate surface area is 319 Å². The Hall–Kier alpha value is -6.16. The van der Waals surface area contributed by atoms with Crippen LogP contribution in [0.25, 0.3) is 36.9 Å². The first-order chi connectivity index (χ1) is 26.0. The van der Waals surface area contributed by atoms with Crippen LogP contribution in [0.4, 0.5) is 22.7 Å². The van der Waals surface area contributed by atoms with Gasteiger partial charge in [-0.2, -0.15) is 0 Å². The fourth-order valence-electron chi connectivity index (χ4n) is 6.73. The van der Waals surface area contributed by atoms with Gasteiger partial charge < -0.3 is 9.80 Å². The Kier molecular flexibility index (Phi) is 12.0. The smallest absolute Gasteiger partial charge is 0.0661 e. The third-order valence-corrected chi connectivity index (χ3v) is 10.3. The summed E-state index contributed by atoms with van der Waals surface area (Å²) in [4.78, 5) is 4.69. The molecule has 0 N–H and O–H groups in total. The molecule has 0 spiro atoms. The van der Waals surface area contributed by atoms with Gasteiger partial charge in [0, 0.05) is 43.9 Å². The second kappa shape index (κ2) is 17.4. The topological polar surface area (TPSA) is 6.48 Å². The fraction of sp³-hybridized carbons (Fsp3) is 0.0800. The number of rotatable bonds is 13. The third-order valence-electron chi connectivity index (χ3n) is 9.06. The summed E-state index contributed by atoms with van der Waals surface area (Å²) in [7, 11) is 0. The lowest BCUT2D eigenvalue weighted by atomic mass is 10.0. The molecule has 0 bridgehead atoms. The van der Waals surface area contributed by atoms with Gasteiger partial charge in [-0.05, 0) is 117 Å². The Morgan fingerprint density at radius 3 is 1.74 bits per heavy atom. The van der Waals surface area contributed by atoms with E-state index in [1.165, 1.54) is 42.4 Å². The molecule has 0 saturated heterocycles. The van der Waals surface area contributed by atoms with Crippen molar-refractivity contribution in [1.82, 2.24) is 0 Å². The van der Waals surface area contributed by atoms with Crippen molar-refractivity contribution in [3.63, 3.8) is 0 Å². The lowest BCUT2D eigenvalue weighted by molar-refractivity contribution is 1.19. The van der Waals surface area contributed by atoms with Crippen molar-refractivity contribution in [2.24, 2.45) is 0 Å². The van der Waals surface area contributed by atoms with E-state index >= 15 is 0 Å². The monoisotopic (exact) mass is 706 g/mol. The van der Waals surface area contributed by atoms with Gasteiger partial charge >= 0.3 is 0 Å². The number of benzene rings is 5. The Morgan fingerprint density at radius 2 is 1.11 bits per heavy atom. The van der Waals surface area contributed by atoms with Crippen LogP contribution in [0.15, 0.2) is 207 Å². The standard InChI is InChI=1S/C50H46N2S/c1-7-18-37(12-6)39-27-31-43(32-28-39)51(41(19-8-2)20-9-3)45-35-47-46-25-16-17-26-49(46)53-50(47)48(36-45)52(42(21-10-4)22-11-5)44-33-29-40(30-34-44)38-23-14-13-15-24-38/h7-36H,2,4H2,1,3,5-6H3/b18-7-,20-9-,22-11-,37-12+,41-19+,42-21+. The van der Waals surface area contributed by atoms with E-state index < -0.39 is 0 Å². The van der Waals surface area contributed by atoms with Crippen LogP contribution in [0.3, 0.4) is 0 Å². The molecular weight excluding hydrogens is 661 g/mol. The van der Waals surface area contributed by atoms with E-state index in [0.717, 1.165) is 34.1 Å². The van der Waals surface area contributed by atoms with Gasteiger partial charge in [0.05, 0.1) is 10.4 Å². The zero-order chi connectivity index (χ0) is 37.2. The van der Waals surface area contributed by atoms with Gasteiger partial charge in [0.25, 0.3) is 0 Å². The first kappa shape index (κ1) is 36.6. The Balaban J connectivity index is 1.66. The highest BCUT2D eigenvalue weighted by atomic mass is 32.1. The molecule has 0 aliphatic carbocycles. The number of hydrogen-bond donors (Lipinski definition) is 0. The summed E-state index contributed by atoms with van der Waals surface area (Å²) in [5, 5.41) is 2.43. The van der Waals surface area contributed by atoms with Crippen LogP contribution in [0.1, 0.15) is 33.3 Å². The van der Waals surface area contributed by atoms with Gasteiger partial charge in [0.2, 0.25) is 0 Å². The number of fused-ring (bicyclic) bond motifs is 3. The van der Waals surface area contributed by atoms with E-state index in [4.69, 9.17) is 0 Å². The number of hydrogen-bond acceptors (Lipinski definition) is 3. The largest absolute Gasteiger partial charge is 0.310 e. The molecule has 2 nitrogen and oxygen atoms in total. The molecule has 3 heteroatoms. The quantitative estimate of drug-likeness (QED) is 0.110. The molecule has 262 valence electrons. The van der Waals surface area contributed by atoms with Crippen molar-refractivity contribution < 1.29 is 0 Å². The summed E-state index contributed by atoms with van der Waals surface area (Å²) in [6.45, 7) is 16.5. The van der Waals surface area contributed by atoms with Gasteiger partial charge in [0.1, 0.15) is 0 Å². The number of thiophene rings is 1. The Bertz CT molecular complexity index is 2400. The molecule has 1 aromatic heterocycles. The van der Waals surface area contributed by atoms with Gasteiger partial charge in [-0.1, -0.05) is 128 Å². The summed E-state index contributed by atoms with van der Waals surface area (Å²) in [5.41, 5.74) is 11.0. The predicted molar refractivity (Wildman–Crippen MR) is 237 cm³/mol. The summed E-state index contributed by atoms with van der Waals surface area (Å²) < 4.78 is 2.45. The van der Waals surface area contributed by atoms with Gasteiger partial charge in [-0.15, -0.1) is 11.3 Å². The SMILES string of the molecule is C=C/C=C(\C=C/C)N(c1ccc(C(/C=C\C)=C/C)cc1)c1cc(N(C(/C=C\C)=C/C=C)c2ccc(-c3ccccc3)cc2)c2sc3ccccc3c2c1. The van der Waals surface area contributed by atoms with E-state index in [1.54, 1.807) is 0 Å². The highest BCUT2D eigenvalue weighted by Gasteiger charge is 2.23. The van der Waals surface area contributed by atoms with Crippen LogP contribution in [-0.4, -0.2) is 0 Å². The van der Waals surface area contributed by atoms with Crippen LogP contribution >= 0.6 is 11.3 Å². The van der Waals surface area contributed by atoms with E-state index in [1.807, 2.05) is 23.5 Å². The van der Waals surface area contributed by atoms with Crippen molar-refractivity contribution in [3.05, 3.63) is 212 Å². The number of anilines is 4. The van der Waals surface area contributed by atoms with Crippen LogP contribution < -0.4 is 9.80 Å². The summed E-state index contributed by atoms with van der Waals surface area (Å²) in [5.74, 6) is 0. The molecule has 6 aromatic rings. The first-order valence-electron chi connectivity index (χ1n) is 18.1. The molecular formula is C50H46N2S. The molecule has 6 rings (SSSR count).